The number of benzene rings is 1. The largest absolute Gasteiger partial charge is 0.482 e. The van der Waals surface area contributed by atoms with Crippen molar-refractivity contribution in [2.75, 3.05) is 11.9 Å². The Morgan fingerprint density at radius 2 is 2.14 bits per heavy atom. The molecule has 0 saturated heterocycles. The summed E-state index contributed by atoms with van der Waals surface area (Å²) in [5.41, 5.74) is -0.268. The van der Waals surface area contributed by atoms with E-state index in [4.69, 9.17) is 9.84 Å². The first kappa shape index (κ1) is 15.2. The first-order valence-corrected chi connectivity index (χ1v) is 6.08. The van der Waals surface area contributed by atoms with Gasteiger partial charge in [0.25, 0.3) is 5.56 Å². The minimum atomic E-state index is -1.16. The van der Waals surface area contributed by atoms with Gasteiger partial charge in [-0.15, -0.1) is 0 Å². The molecule has 0 aliphatic rings. The van der Waals surface area contributed by atoms with Crippen LogP contribution in [-0.2, 0) is 9.59 Å². The van der Waals surface area contributed by atoms with Gasteiger partial charge in [0.1, 0.15) is 11.6 Å². The van der Waals surface area contributed by atoms with Crippen molar-refractivity contribution in [2.24, 2.45) is 0 Å². The van der Waals surface area contributed by atoms with E-state index in [0.29, 0.717) is 6.41 Å². The van der Waals surface area contributed by atoms with Gasteiger partial charge < -0.3 is 15.2 Å². The summed E-state index contributed by atoms with van der Waals surface area (Å²) in [6.07, 6.45) is 1.68. The molecule has 1 amide bonds. The smallest absolute Gasteiger partial charge is 0.341 e. The van der Waals surface area contributed by atoms with Crippen LogP contribution in [0.15, 0.2) is 41.3 Å². The quantitative estimate of drug-likeness (QED) is 0.776. The molecular weight excluding hydrogens is 295 g/mol. The highest BCUT2D eigenvalue weighted by Gasteiger charge is 2.07. The molecule has 0 spiro atoms. The SMILES string of the molecule is O=CNc1ccc(-n2ccc(OCC(=O)O)cc2=O)cc1F. The van der Waals surface area contributed by atoms with Gasteiger partial charge in [0.15, 0.2) is 6.61 Å². The van der Waals surface area contributed by atoms with Crippen molar-refractivity contribution in [3.63, 3.8) is 0 Å². The molecule has 0 bridgehead atoms. The number of ether oxygens (including phenoxy) is 1. The molecule has 0 aliphatic heterocycles. The number of aromatic nitrogens is 1. The van der Waals surface area contributed by atoms with Gasteiger partial charge in [-0.1, -0.05) is 0 Å². The van der Waals surface area contributed by atoms with Crippen LogP contribution in [0, 0.1) is 5.82 Å². The van der Waals surface area contributed by atoms with E-state index in [9.17, 15) is 18.8 Å². The topological polar surface area (TPSA) is 97.6 Å². The van der Waals surface area contributed by atoms with Crippen molar-refractivity contribution in [3.05, 3.63) is 52.7 Å². The first-order chi connectivity index (χ1) is 10.5. The number of hydrogen-bond donors (Lipinski definition) is 2. The van der Waals surface area contributed by atoms with Crippen LogP contribution in [0.5, 0.6) is 5.75 Å². The maximum atomic E-state index is 13.7. The van der Waals surface area contributed by atoms with Gasteiger partial charge in [-0.25, -0.2) is 9.18 Å². The van der Waals surface area contributed by atoms with Crippen molar-refractivity contribution in [3.8, 4) is 11.4 Å². The molecule has 0 radical (unpaired) electrons. The van der Waals surface area contributed by atoms with Crippen LogP contribution in [0.25, 0.3) is 5.69 Å². The van der Waals surface area contributed by atoms with Crippen LogP contribution < -0.4 is 15.6 Å². The Morgan fingerprint density at radius 3 is 2.73 bits per heavy atom. The molecule has 0 fully saturated rings. The lowest BCUT2D eigenvalue weighted by molar-refractivity contribution is -0.139. The van der Waals surface area contributed by atoms with E-state index in [1.165, 1.54) is 24.4 Å². The van der Waals surface area contributed by atoms with Gasteiger partial charge in [-0.2, -0.15) is 0 Å². The zero-order valence-corrected chi connectivity index (χ0v) is 11.2. The number of carbonyl (C=O) groups is 2. The summed E-state index contributed by atoms with van der Waals surface area (Å²) in [7, 11) is 0. The highest BCUT2D eigenvalue weighted by atomic mass is 19.1. The molecule has 2 N–H and O–H groups in total. The van der Waals surface area contributed by atoms with Crippen LogP contribution >= 0.6 is 0 Å². The zero-order valence-electron chi connectivity index (χ0n) is 11.2. The van der Waals surface area contributed by atoms with Gasteiger partial charge in [0.05, 0.1) is 11.4 Å². The summed E-state index contributed by atoms with van der Waals surface area (Å²) >= 11 is 0. The highest BCUT2D eigenvalue weighted by Crippen LogP contribution is 2.17. The van der Waals surface area contributed by atoms with Crippen LogP contribution in [0.3, 0.4) is 0 Å². The van der Waals surface area contributed by atoms with Gasteiger partial charge in [-0.05, 0) is 18.2 Å². The number of aliphatic carboxylic acids is 1. The van der Waals surface area contributed by atoms with E-state index in [1.807, 2.05) is 0 Å². The molecule has 2 aromatic rings. The zero-order chi connectivity index (χ0) is 16.1. The molecule has 1 heterocycles. The molecular formula is C14H11FN2O5. The number of anilines is 1. The number of nitrogens with zero attached hydrogens (tertiary/aromatic N) is 1. The first-order valence-electron chi connectivity index (χ1n) is 6.08. The number of amides is 1. The fraction of sp³-hybridized carbons (Fsp3) is 0.0714. The minimum Gasteiger partial charge on any atom is -0.482 e. The summed E-state index contributed by atoms with van der Waals surface area (Å²) in [5.74, 6) is -1.75. The number of carboxylic acid groups (broad SMARTS) is 1. The second kappa shape index (κ2) is 6.53. The molecule has 0 atom stereocenters. The number of carboxylic acids is 1. The third kappa shape index (κ3) is 3.48. The van der Waals surface area contributed by atoms with Crippen molar-refractivity contribution in [1.82, 2.24) is 4.57 Å². The van der Waals surface area contributed by atoms with Gasteiger partial charge in [0.2, 0.25) is 6.41 Å². The molecule has 114 valence electrons. The van der Waals surface area contributed by atoms with Crippen molar-refractivity contribution < 1.29 is 23.8 Å². The van der Waals surface area contributed by atoms with Gasteiger partial charge >= 0.3 is 5.97 Å². The van der Waals surface area contributed by atoms with Gasteiger partial charge in [-0.3, -0.25) is 14.2 Å². The van der Waals surface area contributed by atoms with Gasteiger partial charge in [0, 0.05) is 18.3 Å². The highest BCUT2D eigenvalue weighted by molar-refractivity contribution is 5.72. The Hall–Kier alpha value is -3.16. The minimum absolute atomic E-state index is 0.00629. The number of pyridine rings is 1. The molecule has 0 saturated carbocycles. The lowest BCUT2D eigenvalue weighted by Gasteiger charge is -2.09. The Labute approximate surface area is 123 Å². The molecule has 1 aromatic carbocycles. The second-order valence-electron chi connectivity index (χ2n) is 4.18. The van der Waals surface area contributed by atoms with E-state index in [-0.39, 0.29) is 17.1 Å². The fourth-order valence-corrected chi connectivity index (χ4v) is 1.74. The van der Waals surface area contributed by atoms with Crippen LogP contribution in [0.1, 0.15) is 0 Å². The number of carbonyl (C=O) groups excluding carboxylic acids is 1. The summed E-state index contributed by atoms with van der Waals surface area (Å²) in [5, 5.41) is 10.7. The Morgan fingerprint density at radius 1 is 1.36 bits per heavy atom. The molecule has 22 heavy (non-hydrogen) atoms. The third-order valence-corrected chi connectivity index (χ3v) is 2.70. The molecule has 8 heteroatoms. The Bertz CT molecular complexity index is 772. The van der Waals surface area contributed by atoms with Crippen molar-refractivity contribution in [1.29, 1.82) is 0 Å². The third-order valence-electron chi connectivity index (χ3n) is 2.70. The number of hydrogen-bond acceptors (Lipinski definition) is 4. The Kier molecular flexibility index (Phi) is 4.52. The average molecular weight is 306 g/mol. The van der Waals surface area contributed by atoms with Crippen LogP contribution in [0.4, 0.5) is 10.1 Å². The van der Waals surface area contributed by atoms with E-state index in [2.05, 4.69) is 5.32 Å². The van der Waals surface area contributed by atoms with Crippen LogP contribution in [0.2, 0.25) is 0 Å². The van der Waals surface area contributed by atoms with Crippen molar-refractivity contribution >= 4 is 18.1 Å². The lowest BCUT2D eigenvalue weighted by atomic mass is 10.2. The number of halogens is 1. The monoisotopic (exact) mass is 306 g/mol. The maximum absolute atomic E-state index is 13.7. The second-order valence-corrected chi connectivity index (χ2v) is 4.18. The normalized spacial score (nSPS) is 10.0. The molecule has 2 rings (SSSR count). The van der Waals surface area contributed by atoms with E-state index >= 15 is 0 Å². The predicted octanol–water partition coefficient (Wildman–Crippen LogP) is 1.01. The summed E-state index contributed by atoms with van der Waals surface area (Å²) in [6.45, 7) is -0.565. The summed E-state index contributed by atoms with van der Waals surface area (Å²) < 4.78 is 19.7. The summed E-state index contributed by atoms with van der Waals surface area (Å²) in [4.78, 5) is 32.6. The molecule has 7 nitrogen and oxygen atoms in total. The van der Waals surface area contributed by atoms with Crippen molar-refractivity contribution in [2.45, 2.75) is 0 Å². The lowest BCUT2D eigenvalue weighted by Crippen LogP contribution is -2.18. The molecule has 0 aliphatic carbocycles. The van der Waals surface area contributed by atoms with E-state index in [1.54, 1.807) is 0 Å². The molecule has 0 unspecified atom stereocenters. The maximum Gasteiger partial charge on any atom is 0.341 e. The Balaban J connectivity index is 2.29. The molecule has 1 aromatic heterocycles. The number of nitrogens with one attached hydrogen (secondary N) is 1. The predicted molar refractivity (Wildman–Crippen MR) is 74.8 cm³/mol. The average Bonchev–Trinajstić information content (AvgIpc) is 2.47. The number of rotatable bonds is 6. The van der Waals surface area contributed by atoms with E-state index < -0.39 is 24.0 Å². The van der Waals surface area contributed by atoms with E-state index in [0.717, 1.165) is 16.7 Å². The van der Waals surface area contributed by atoms with Crippen LogP contribution in [-0.4, -0.2) is 28.7 Å². The fourth-order valence-electron chi connectivity index (χ4n) is 1.74. The standard InChI is InChI=1S/C14H11FN2O5/c15-11-5-9(1-2-12(11)16-8-18)17-4-3-10(6-13(17)19)22-7-14(20)21/h1-6,8H,7H2,(H,16,18)(H,20,21). The summed E-state index contributed by atoms with van der Waals surface area (Å²) in [6, 6.07) is 6.34.